The smallest absolute Gasteiger partial charge is 0.378 e. The Morgan fingerprint density at radius 2 is 1.29 bits per heavy atom. The second kappa shape index (κ2) is 35.4. The zero-order chi connectivity index (χ0) is 74.7. The molecule has 6 aliphatic rings. The van der Waals surface area contributed by atoms with E-state index in [1.54, 1.807) is 24.0 Å². The Hall–Kier alpha value is -7.43. The lowest BCUT2D eigenvalue weighted by molar-refractivity contribution is -0.158. The number of nitrogens with one attached hydrogen (secondary N) is 3. The SMILES string of the molecule is CC[C@H](C)[C@@H]1NC(O)[C@H](C2CCC2)N(C)C(=O)C[C@@H](C(=O)N2CCOCC2)N(C)C(=O)[C@H](C2CCCCC2)N(C)C(=O)C2(CCCC2)NC(=O)[C@@H]2CCCN2C(=O)[C@H](CCc2ccc(C(F)(F)F)c(Cl)c2)NC(=O)CN(C)C(=O)[C@H](Cc2ccc(C)cc2)N(C)C(=O)CN(C)C(=O)CN(C)C1=O. The van der Waals surface area contributed by atoms with Gasteiger partial charge in [-0.25, -0.2) is 0 Å². The van der Waals surface area contributed by atoms with Gasteiger partial charge in [0.05, 0.1) is 61.9 Å². The molecule has 1 spiro atoms. The lowest BCUT2D eigenvalue weighted by Gasteiger charge is -2.45. The fraction of sp³-hybridized carbons (Fsp3) is 0.685. The molecule has 9 atom stereocenters. The summed E-state index contributed by atoms with van der Waals surface area (Å²) in [6.07, 6.45) is 0.553. The monoisotopic (exact) mass is 1450 g/mol. The number of carbonyl (C=O) groups excluding carboxylic acids is 11. The molecule has 564 valence electrons. The van der Waals surface area contributed by atoms with Gasteiger partial charge in [-0.2, -0.15) is 13.2 Å². The minimum Gasteiger partial charge on any atom is -0.378 e. The molecular formula is C73H106ClF3N12O13. The highest BCUT2D eigenvalue weighted by atomic mass is 35.5. The van der Waals surface area contributed by atoms with Crippen molar-refractivity contribution in [1.29, 1.82) is 0 Å². The lowest BCUT2D eigenvalue weighted by Crippen LogP contribution is -2.65. The van der Waals surface area contributed by atoms with Crippen molar-refractivity contribution in [2.45, 2.75) is 203 Å². The topological polar surface area (TPSA) is 282 Å². The number of aryl methyl sites for hydroxylation is 2. The summed E-state index contributed by atoms with van der Waals surface area (Å²) in [6.45, 7) is 4.57. The summed E-state index contributed by atoms with van der Waals surface area (Å²) in [4.78, 5) is 176. The number of aliphatic hydroxyl groups excluding tert-OH is 1. The first-order valence-electron chi connectivity index (χ1n) is 36.2. The highest BCUT2D eigenvalue weighted by Gasteiger charge is 2.52. The van der Waals surface area contributed by atoms with Gasteiger partial charge in [0.1, 0.15) is 42.0 Å². The molecular weight excluding hydrogens is 1350 g/mol. The van der Waals surface area contributed by atoms with Crippen LogP contribution in [0.15, 0.2) is 42.5 Å². The number of morpholine rings is 1. The molecule has 3 saturated heterocycles. The Morgan fingerprint density at radius 3 is 1.90 bits per heavy atom. The highest BCUT2D eigenvalue weighted by Crippen LogP contribution is 2.39. The summed E-state index contributed by atoms with van der Waals surface area (Å²) >= 11 is 6.16. The van der Waals surface area contributed by atoms with Gasteiger partial charge in [0.15, 0.2) is 0 Å². The minimum absolute atomic E-state index is 0.0237. The van der Waals surface area contributed by atoms with E-state index in [1.165, 1.54) is 84.8 Å². The van der Waals surface area contributed by atoms with E-state index in [0.717, 1.165) is 53.2 Å². The molecule has 25 nitrogen and oxygen atoms in total. The lowest BCUT2D eigenvalue weighted by atomic mass is 9.78. The standard InChI is InChI=1S/C73H106ClF3N12O13/c1-11-46(3)61-69(99)83(6)43-59(92)81(4)44-60(93)84(7)55(40-48-26-24-45(2)25-27-48)67(97)82(5)42-57(90)78-53(31-29-47-28-30-51(52(74)39-47)73(75,76)77)66(96)89-34-18-23-54(89)64(94)80-72(32-15-16-33-72)71(101)87(10)63(50-19-13-12-14-20-50)70(100)85(8)56(68(98)88-35-37-102-38-36-88)41-58(91)86(9)62(65(95)79-61)49-21-17-22-49/h24-28,30,39,46,49-50,53-56,61-63,65,79,95H,11-23,29,31-38,40-44H2,1-10H3,(H,78,90)(H,80,94)/t46-,53-,54-,55-,56-,61-,62-,63-,65?/m0/s1. The molecule has 0 bridgehead atoms. The molecule has 2 aromatic carbocycles. The third-order valence-corrected chi connectivity index (χ3v) is 22.6. The van der Waals surface area contributed by atoms with Gasteiger partial charge in [-0.15, -0.1) is 0 Å². The average Bonchev–Trinajstić information content (AvgIpc) is 1.40. The zero-order valence-corrected chi connectivity index (χ0v) is 61.6. The number of carbonyl (C=O) groups is 11. The van der Waals surface area contributed by atoms with Crippen LogP contribution in [0.1, 0.15) is 145 Å². The second-order valence-electron chi connectivity index (χ2n) is 29.3. The van der Waals surface area contributed by atoms with Gasteiger partial charge in [-0.3, -0.25) is 58.1 Å². The van der Waals surface area contributed by atoms with Crippen LogP contribution in [0.25, 0.3) is 0 Å². The number of nitrogens with zero attached hydrogens (tertiary/aromatic N) is 9. The normalized spacial score (nSPS) is 27.1. The number of aliphatic hydroxyl groups is 1. The number of hydrogen-bond acceptors (Lipinski definition) is 14. The fourth-order valence-electron chi connectivity index (χ4n) is 15.4. The quantitative estimate of drug-likeness (QED) is 0.257. The first-order chi connectivity index (χ1) is 48.3. The van der Waals surface area contributed by atoms with Crippen LogP contribution in [0.2, 0.25) is 5.02 Å². The number of rotatable bonds is 10. The summed E-state index contributed by atoms with van der Waals surface area (Å²) < 4.78 is 47.3. The van der Waals surface area contributed by atoms with E-state index in [1.807, 2.05) is 26.0 Å². The van der Waals surface area contributed by atoms with E-state index in [-0.39, 0.29) is 82.9 Å². The summed E-state index contributed by atoms with van der Waals surface area (Å²) in [5, 5.41) is 20.8. The van der Waals surface area contributed by atoms with Gasteiger partial charge in [0, 0.05) is 75.4 Å². The molecule has 29 heteroatoms. The van der Waals surface area contributed by atoms with Crippen LogP contribution >= 0.6 is 11.6 Å². The molecule has 3 saturated carbocycles. The number of alkyl halides is 3. The number of hydrogen-bond donors (Lipinski definition) is 4. The van der Waals surface area contributed by atoms with Crippen molar-refractivity contribution in [1.82, 2.24) is 60.0 Å². The van der Waals surface area contributed by atoms with E-state index in [9.17, 15) is 42.3 Å². The van der Waals surface area contributed by atoms with Crippen LogP contribution in [-0.4, -0.2) is 270 Å². The number of amides is 11. The van der Waals surface area contributed by atoms with Crippen LogP contribution in [0, 0.1) is 24.7 Å². The molecule has 1 unspecified atom stereocenters. The molecule has 6 fully saturated rings. The first-order valence-corrected chi connectivity index (χ1v) is 36.6. The van der Waals surface area contributed by atoms with Crippen LogP contribution in [0.3, 0.4) is 0 Å². The molecule has 11 amide bonds. The maximum absolute atomic E-state index is 15.8. The molecule has 2 aromatic rings. The second-order valence-corrected chi connectivity index (χ2v) is 29.7. The summed E-state index contributed by atoms with van der Waals surface area (Å²) in [6, 6.07) is 1.79. The van der Waals surface area contributed by atoms with Crippen LogP contribution < -0.4 is 16.0 Å². The molecule has 0 aromatic heterocycles. The minimum atomic E-state index is -4.77. The predicted molar refractivity (Wildman–Crippen MR) is 373 cm³/mol. The third-order valence-electron chi connectivity index (χ3n) is 22.3. The number of benzene rings is 2. The Balaban J connectivity index is 1.18. The van der Waals surface area contributed by atoms with E-state index in [2.05, 4.69) is 16.0 Å². The number of fused-ring (bicyclic) bond motifs is 1. The van der Waals surface area contributed by atoms with Crippen molar-refractivity contribution in [3.8, 4) is 0 Å². The molecule has 3 aliphatic heterocycles. The maximum Gasteiger partial charge on any atom is 0.417 e. The molecule has 0 radical (unpaired) electrons. The predicted octanol–water partition coefficient (Wildman–Crippen LogP) is 4.40. The number of likely N-dealkylation sites (N-methyl/N-ethyl adjacent to an activating group) is 7. The van der Waals surface area contributed by atoms with Gasteiger partial charge in [0.25, 0.3) is 0 Å². The van der Waals surface area contributed by atoms with Crippen molar-refractivity contribution in [3.05, 3.63) is 69.7 Å². The Bertz CT molecular complexity index is 3350. The van der Waals surface area contributed by atoms with Gasteiger partial charge in [-0.1, -0.05) is 106 Å². The molecule has 8 rings (SSSR count). The van der Waals surface area contributed by atoms with Crippen molar-refractivity contribution >= 4 is 76.6 Å². The number of ether oxygens (including phenoxy) is 1. The first kappa shape index (κ1) is 80.3. The summed E-state index contributed by atoms with van der Waals surface area (Å²) in [7, 11) is 10.00. The van der Waals surface area contributed by atoms with E-state index in [4.69, 9.17) is 16.3 Å². The van der Waals surface area contributed by atoms with Gasteiger partial charge < -0.3 is 64.6 Å². The van der Waals surface area contributed by atoms with Crippen LogP contribution in [-0.2, 0) is 76.5 Å². The summed E-state index contributed by atoms with van der Waals surface area (Å²) in [5.74, 6) is -8.26. The Labute approximate surface area is 602 Å². The van der Waals surface area contributed by atoms with Crippen molar-refractivity contribution in [2.24, 2.45) is 17.8 Å². The zero-order valence-electron chi connectivity index (χ0n) is 60.9. The largest absolute Gasteiger partial charge is 0.417 e. The molecule has 3 aliphatic carbocycles. The molecule has 102 heavy (non-hydrogen) atoms. The summed E-state index contributed by atoms with van der Waals surface area (Å²) in [5.41, 5.74) is -0.810. The third kappa shape index (κ3) is 19.3. The fourth-order valence-corrected chi connectivity index (χ4v) is 15.7. The molecule has 4 N–H and O–H groups in total. The van der Waals surface area contributed by atoms with Crippen molar-refractivity contribution in [2.75, 3.05) is 102 Å². The van der Waals surface area contributed by atoms with Gasteiger partial charge in [-0.05, 0) is 112 Å². The Morgan fingerprint density at radius 1 is 0.676 bits per heavy atom. The van der Waals surface area contributed by atoms with Crippen molar-refractivity contribution in [3.63, 3.8) is 0 Å². The van der Waals surface area contributed by atoms with E-state index >= 15 is 28.8 Å². The van der Waals surface area contributed by atoms with Crippen molar-refractivity contribution < 1.29 is 75.8 Å². The average molecular weight is 1450 g/mol. The van der Waals surface area contributed by atoms with E-state index in [0.29, 0.717) is 56.9 Å². The van der Waals surface area contributed by atoms with Gasteiger partial charge in [0.2, 0.25) is 65.0 Å². The number of halogens is 4. The molecule has 3 heterocycles. The maximum atomic E-state index is 15.8. The highest BCUT2D eigenvalue weighted by molar-refractivity contribution is 6.31. The van der Waals surface area contributed by atoms with Gasteiger partial charge >= 0.3 is 6.18 Å². The van der Waals surface area contributed by atoms with E-state index < -0.39 is 174 Å². The van der Waals surface area contributed by atoms with Crippen LogP contribution in [0.4, 0.5) is 13.2 Å². The van der Waals surface area contributed by atoms with Crippen LogP contribution in [0.5, 0.6) is 0 Å². The Kier molecular flexibility index (Phi) is 27.8.